The molecule has 1 aromatic heterocycles. The van der Waals surface area contributed by atoms with Crippen molar-refractivity contribution in [1.82, 2.24) is 14.3 Å². The van der Waals surface area contributed by atoms with Crippen molar-refractivity contribution in [3.63, 3.8) is 0 Å². The Hall–Kier alpha value is -1.25. The van der Waals surface area contributed by atoms with Crippen LogP contribution in [-0.4, -0.2) is 36.3 Å². The smallest absolute Gasteiger partial charge is 0.245 e. The second kappa shape index (κ2) is 4.79. The molecule has 2 atom stereocenters. The first-order valence-electron chi connectivity index (χ1n) is 5.70. The first-order valence-corrected chi connectivity index (χ1v) is 7.14. The zero-order valence-electron chi connectivity index (χ0n) is 10.4. The maximum atomic E-state index is 12.2. The first kappa shape index (κ1) is 13.2. The number of nitrogens with one attached hydrogen (secondary N) is 1. The van der Waals surface area contributed by atoms with Crippen LogP contribution in [0.4, 0.5) is 5.95 Å². The fourth-order valence-electron chi connectivity index (χ4n) is 1.79. The number of anilines is 1. The number of aromatic nitrogens is 2. The van der Waals surface area contributed by atoms with Gasteiger partial charge in [-0.1, -0.05) is 6.92 Å². The van der Waals surface area contributed by atoms with E-state index >= 15 is 0 Å². The lowest BCUT2D eigenvalue weighted by Crippen LogP contribution is -2.29. The Morgan fingerprint density at radius 1 is 1.50 bits per heavy atom. The summed E-state index contributed by atoms with van der Waals surface area (Å²) in [6, 6.07) is 0. The third-order valence-corrected chi connectivity index (χ3v) is 5.01. The van der Waals surface area contributed by atoms with Gasteiger partial charge in [0.1, 0.15) is 4.90 Å². The minimum absolute atomic E-state index is 0.0808. The average Bonchev–Trinajstić information content (AvgIpc) is 3.05. The van der Waals surface area contributed by atoms with Crippen LogP contribution in [0.2, 0.25) is 0 Å². The van der Waals surface area contributed by atoms with E-state index in [9.17, 15) is 8.42 Å². The lowest BCUT2D eigenvalue weighted by molar-refractivity contribution is 0.444. The van der Waals surface area contributed by atoms with Crippen LogP contribution in [0.25, 0.3) is 0 Å². The molecule has 0 radical (unpaired) electrons. The molecule has 0 amide bonds. The van der Waals surface area contributed by atoms with Crippen LogP contribution in [0.1, 0.15) is 13.3 Å². The van der Waals surface area contributed by atoms with Gasteiger partial charge < -0.3 is 0 Å². The summed E-state index contributed by atoms with van der Waals surface area (Å²) in [7, 11) is -1.92. The largest absolute Gasteiger partial charge is 0.292 e. The predicted octanol–water partition coefficient (Wildman–Crippen LogP) is 0.0387. The summed E-state index contributed by atoms with van der Waals surface area (Å²) >= 11 is 0. The van der Waals surface area contributed by atoms with E-state index in [0.29, 0.717) is 18.4 Å². The lowest BCUT2D eigenvalue weighted by atomic mass is 10.3. The van der Waals surface area contributed by atoms with E-state index in [4.69, 9.17) is 5.84 Å². The van der Waals surface area contributed by atoms with E-state index < -0.39 is 10.0 Å². The van der Waals surface area contributed by atoms with E-state index in [1.807, 2.05) is 0 Å². The van der Waals surface area contributed by atoms with Crippen molar-refractivity contribution in [3.8, 4) is 0 Å². The summed E-state index contributed by atoms with van der Waals surface area (Å²) in [5.74, 6) is 6.39. The molecular weight excluding hydrogens is 254 g/mol. The van der Waals surface area contributed by atoms with Gasteiger partial charge in [0.25, 0.3) is 0 Å². The van der Waals surface area contributed by atoms with Gasteiger partial charge in [-0.3, -0.25) is 5.43 Å². The molecule has 0 saturated heterocycles. The van der Waals surface area contributed by atoms with Crippen LogP contribution in [0.15, 0.2) is 17.3 Å². The van der Waals surface area contributed by atoms with E-state index in [-0.39, 0.29) is 10.8 Å². The lowest BCUT2D eigenvalue weighted by Gasteiger charge is -2.16. The highest BCUT2D eigenvalue weighted by molar-refractivity contribution is 7.89. The van der Waals surface area contributed by atoms with Crippen LogP contribution >= 0.6 is 0 Å². The Balaban J connectivity index is 2.13. The van der Waals surface area contributed by atoms with Crippen molar-refractivity contribution in [3.05, 3.63) is 12.4 Å². The molecule has 1 aliphatic carbocycles. The summed E-state index contributed by atoms with van der Waals surface area (Å²) in [6.07, 6.45) is 3.60. The van der Waals surface area contributed by atoms with Crippen LogP contribution in [0, 0.1) is 11.8 Å². The van der Waals surface area contributed by atoms with Crippen molar-refractivity contribution in [2.75, 3.05) is 19.0 Å². The highest BCUT2D eigenvalue weighted by atomic mass is 32.2. The van der Waals surface area contributed by atoms with E-state index in [1.165, 1.54) is 16.7 Å². The molecule has 1 heterocycles. The molecule has 18 heavy (non-hydrogen) atoms. The second-order valence-electron chi connectivity index (χ2n) is 4.65. The van der Waals surface area contributed by atoms with Crippen LogP contribution in [-0.2, 0) is 10.0 Å². The highest BCUT2D eigenvalue weighted by Gasteiger charge is 2.36. The van der Waals surface area contributed by atoms with Gasteiger partial charge in [-0.15, -0.1) is 0 Å². The van der Waals surface area contributed by atoms with E-state index in [2.05, 4.69) is 22.3 Å². The monoisotopic (exact) mass is 271 g/mol. The first-order chi connectivity index (χ1) is 8.45. The Morgan fingerprint density at radius 2 is 2.06 bits per heavy atom. The van der Waals surface area contributed by atoms with Gasteiger partial charge in [0.15, 0.2) is 0 Å². The standard InChI is InChI=1S/C10H17N5O2S/c1-7-3-8(7)6-15(2)18(16,17)9-4-12-10(14-11)13-5-9/h4-5,7-8H,3,6,11H2,1-2H3,(H,12,13,14). The van der Waals surface area contributed by atoms with Crippen molar-refractivity contribution in [2.45, 2.75) is 18.2 Å². The number of nitrogen functional groups attached to an aromatic ring is 1. The number of hydrogen-bond acceptors (Lipinski definition) is 6. The summed E-state index contributed by atoms with van der Waals surface area (Å²) in [5.41, 5.74) is 2.25. The SMILES string of the molecule is CC1CC1CN(C)S(=O)(=O)c1cnc(NN)nc1. The second-order valence-corrected chi connectivity index (χ2v) is 6.69. The molecule has 0 aromatic carbocycles. The predicted molar refractivity (Wildman–Crippen MR) is 66.9 cm³/mol. The molecule has 1 fully saturated rings. The van der Waals surface area contributed by atoms with Crippen LogP contribution in [0.3, 0.4) is 0 Å². The van der Waals surface area contributed by atoms with Crippen molar-refractivity contribution in [2.24, 2.45) is 17.7 Å². The highest BCUT2D eigenvalue weighted by Crippen LogP contribution is 2.38. The summed E-state index contributed by atoms with van der Waals surface area (Å²) in [6.45, 7) is 2.66. The molecule has 100 valence electrons. The van der Waals surface area contributed by atoms with Gasteiger partial charge in [0.05, 0.1) is 12.4 Å². The molecule has 1 aromatic rings. The maximum absolute atomic E-state index is 12.2. The fraction of sp³-hybridized carbons (Fsp3) is 0.600. The van der Waals surface area contributed by atoms with Gasteiger partial charge in [-0.05, 0) is 18.3 Å². The summed E-state index contributed by atoms with van der Waals surface area (Å²) in [5, 5.41) is 0. The van der Waals surface area contributed by atoms with Crippen LogP contribution in [0.5, 0.6) is 0 Å². The topological polar surface area (TPSA) is 101 Å². The van der Waals surface area contributed by atoms with Crippen molar-refractivity contribution in [1.29, 1.82) is 0 Å². The van der Waals surface area contributed by atoms with E-state index in [0.717, 1.165) is 6.42 Å². The molecule has 8 heteroatoms. The maximum Gasteiger partial charge on any atom is 0.245 e. The molecule has 0 bridgehead atoms. The number of nitrogens with zero attached hydrogens (tertiary/aromatic N) is 3. The van der Waals surface area contributed by atoms with Gasteiger partial charge in [-0.2, -0.15) is 0 Å². The average molecular weight is 271 g/mol. The van der Waals surface area contributed by atoms with Gasteiger partial charge in [0, 0.05) is 13.6 Å². The molecule has 0 aliphatic heterocycles. The molecule has 3 N–H and O–H groups in total. The van der Waals surface area contributed by atoms with Gasteiger partial charge >= 0.3 is 0 Å². The minimum Gasteiger partial charge on any atom is -0.292 e. The molecule has 7 nitrogen and oxygen atoms in total. The molecular formula is C10H17N5O2S. The number of hydrazine groups is 1. The molecule has 1 aliphatic rings. The molecule has 2 rings (SSSR count). The van der Waals surface area contributed by atoms with Crippen LogP contribution < -0.4 is 11.3 Å². The molecule has 2 unspecified atom stereocenters. The molecule has 0 spiro atoms. The fourth-order valence-corrected chi connectivity index (χ4v) is 2.91. The third-order valence-electron chi connectivity index (χ3n) is 3.23. The van der Waals surface area contributed by atoms with Crippen molar-refractivity contribution >= 4 is 16.0 Å². The Morgan fingerprint density at radius 3 is 2.50 bits per heavy atom. The normalized spacial score (nSPS) is 23.1. The summed E-state index contributed by atoms with van der Waals surface area (Å²) < 4.78 is 25.7. The van der Waals surface area contributed by atoms with Gasteiger partial charge in [-0.25, -0.2) is 28.5 Å². The molecule has 1 saturated carbocycles. The van der Waals surface area contributed by atoms with Gasteiger partial charge in [0.2, 0.25) is 16.0 Å². The Kier molecular flexibility index (Phi) is 3.51. The minimum atomic E-state index is -3.50. The third kappa shape index (κ3) is 2.60. The van der Waals surface area contributed by atoms with Crippen molar-refractivity contribution < 1.29 is 8.42 Å². The number of rotatable bonds is 5. The Labute approximate surface area is 106 Å². The quantitative estimate of drug-likeness (QED) is 0.579. The number of sulfonamides is 1. The summed E-state index contributed by atoms with van der Waals surface area (Å²) in [4.78, 5) is 7.69. The zero-order chi connectivity index (χ0) is 13.3. The van der Waals surface area contributed by atoms with E-state index in [1.54, 1.807) is 7.05 Å². The zero-order valence-corrected chi connectivity index (χ0v) is 11.2. The Bertz CT molecular complexity index is 516. The number of nitrogens with two attached hydrogens (primary N) is 1. The number of hydrogen-bond donors (Lipinski definition) is 2.